The molecule has 0 radical (unpaired) electrons. The Balaban J connectivity index is 1.68. The van der Waals surface area contributed by atoms with E-state index in [2.05, 4.69) is 15.6 Å². The molecule has 19 heavy (non-hydrogen) atoms. The molecular weight excluding hydrogens is 264 g/mol. The van der Waals surface area contributed by atoms with Crippen LogP contribution in [0.15, 0.2) is 0 Å². The number of carbonyl (C=O) groups is 1. The third-order valence-electron chi connectivity index (χ3n) is 3.61. The van der Waals surface area contributed by atoms with Gasteiger partial charge in [0, 0.05) is 13.7 Å². The fraction of sp³-hybridized carbons (Fsp3) is 0.667. The Morgan fingerprint density at radius 3 is 2.89 bits per heavy atom. The maximum atomic E-state index is 12.2. The number of thiazole rings is 1. The maximum Gasteiger partial charge on any atom is 0.265 e. The first kappa shape index (κ1) is 12.7. The highest BCUT2D eigenvalue weighted by Gasteiger charge is 2.41. The molecule has 6 nitrogen and oxygen atoms in total. The van der Waals surface area contributed by atoms with Crippen molar-refractivity contribution in [2.45, 2.75) is 31.4 Å². The summed E-state index contributed by atoms with van der Waals surface area (Å²) in [7, 11) is 1.76. The highest BCUT2D eigenvalue weighted by atomic mass is 32.1. The zero-order valence-electron chi connectivity index (χ0n) is 10.8. The van der Waals surface area contributed by atoms with Gasteiger partial charge in [0.25, 0.3) is 5.91 Å². The second-order valence-corrected chi connectivity index (χ2v) is 6.02. The van der Waals surface area contributed by atoms with Gasteiger partial charge in [-0.05, 0) is 25.2 Å². The van der Waals surface area contributed by atoms with Gasteiger partial charge >= 0.3 is 0 Å². The van der Waals surface area contributed by atoms with E-state index in [9.17, 15) is 4.79 Å². The van der Waals surface area contributed by atoms with E-state index >= 15 is 0 Å². The van der Waals surface area contributed by atoms with E-state index in [-0.39, 0.29) is 23.9 Å². The number of ether oxygens (including phenoxy) is 1. The van der Waals surface area contributed by atoms with Crippen LogP contribution in [-0.2, 0) is 4.74 Å². The Morgan fingerprint density at radius 1 is 1.47 bits per heavy atom. The summed E-state index contributed by atoms with van der Waals surface area (Å²) in [5, 5.41) is 6.60. The number of nitrogens with zero attached hydrogens (tertiary/aromatic N) is 1. The molecule has 1 saturated heterocycles. The normalized spacial score (nSPS) is 26.4. The smallest absolute Gasteiger partial charge is 0.265 e. The first-order valence-electron chi connectivity index (χ1n) is 6.55. The third-order valence-corrected chi connectivity index (χ3v) is 4.70. The minimum absolute atomic E-state index is 0.111. The zero-order chi connectivity index (χ0) is 13.4. The number of amides is 1. The van der Waals surface area contributed by atoms with Gasteiger partial charge in [0.2, 0.25) is 0 Å². The molecule has 1 aliphatic heterocycles. The summed E-state index contributed by atoms with van der Waals surface area (Å²) in [6, 6.07) is 0.111. The lowest BCUT2D eigenvalue weighted by Gasteiger charge is -2.18. The second-order valence-electron chi connectivity index (χ2n) is 5.02. The number of anilines is 2. The van der Waals surface area contributed by atoms with Crippen LogP contribution in [-0.4, -0.2) is 36.7 Å². The van der Waals surface area contributed by atoms with E-state index in [4.69, 9.17) is 10.5 Å². The van der Waals surface area contributed by atoms with Crippen LogP contribution in [0.3, 0.4) is 0 Å². The minimum atomic E-state index is -0.141. The van der Waals surface area contributed by atoms with Crippen molar-refractivity contribution < 1.29 is 9.53 Å². The van der Waals surface area contributed by atoms with Gasteiger partial charge < -0.3 is 21.1 Å². The van der Waals surface area contributed by atoms with Crippen molar-refractivity contribution >= 4 is 28.2 Å². The molecule has 1 amide bonds. The van der Waals surface area contributed by atoms with Gasteiger partial charge in [-0.15, -0.1) is 0 Å². The Hall–Kier alpha value is -1.34. The molecule has 2 atom stereocenters. The summed E-state index contributed by atoms with van der Waals surface area (Å²) in [4.78, 5) is 16.8. The quantitative estimate of drug-likeness (QED) is 0.768. The van der Waals surface area contributed by atoms with Gasteiger partial charge in [-0.2, -0.15) is 0 Å². The van der Waals surface area contributed by atoms with Crippen molar-refractivity contribution in [3.8, 4) is 0 Å². The number of nitrogen functional groups attached to an aromatic ring is 1. The van der Waals surface area contributed by atoms with Gasteiger partial charge in [0.05, 0.1) is 12.1 Å². The van der Waals surface area contributed by atoms with Gasteiger partial charge in [-0.3, -0.25) is 4.79 Å². The maximum absolute atomic E-state index is 12.2. The average Bonchev–Trinajstić information content (AvgIpc) is 3.02. The Kier molecular flexibility index (Phi) is 3.32. The largest absolute Gasteiger partial charge is 0.382 e. The molecular formula is C12H18N4O2S. The number of aromatic nitrogens is 1. The van der Waals surface area contributed by atoms with Crippen LogP contribution in [0.25, 0.3) is 0 Å². The lowest BCUT2D eigenvalue weighted by Crippen LogP contribution is -2.41. The van der Waals surface area contributed by atoms with Crippen LogP contribution in [0.2, 0.25) is 0 Å². The van der Waals surface area contributed by atoms with E-state index in [0.29, 0.717) is 15.9 Å². The van der Waals surface area contributed by atoms with Crippen molar-refractivity contribution in [2.75, 3.05) is 24.7 Å². The molecule has 7 heteroatoms. The number of hydrogen-bond donors (Lipinski definition) is 3. The molecule has 4 N–H and O–H groups in total. The van der Waals surface area contributed by atoms with Crippen LogP contribution < -0.4 is 16.4 Å². The topological polar surface area (TPSA) is 89.3 Å². The average molecular weight is 282 g/mol. The molecule has 1 saturated carbocycles. The molecule has 0 bridgehead atoms. The second kappa shape index (κ2) is 4.97. The lowest BCUT2D eigenvalue weighted by molar-refractivity contribution is 0.0731. The highest BCUT2D eigenvalue weighted by Crippen LogP contribution is 2.39. The summed E-state index contributed by atoms with van der Waals surface area (Å²) < 4.78 is 5.71. The minimum Gasteiger partial charge on any atom is -0.382 e. The Bertz CT molecular complexity index is 486. The fourth-order valence-corrected chi connectivity index (χ4v) is 3.23. The summed E-state index contributed by atoms with van der Waals surface area (Å²) in [6.45, 7) is 0.728. The first-order chi connectivity index (χ1) is 9.19. The number of nitrogens with one attached hydrogen (secondary N) is 2. The standard InChI is InChI=1S/C12H18N4O2S/c1-14-12-16-10(13)9(19-12)11(17)15-7-4-5-18-8(7)6-2-3-6/h6-8H,2-5,13H2,1H3,(H,14,16)(H,15,17). The van der Waals surface area contributed by atoms with Crippen molar-refractivity contribution in [2.24, 2.45) is 5.92 Å². The van der Waals surface area contributed by atoms with Crippen LogP contribution in [0.4, 0.5) is 10.9 Å². The van der Waals surface area contributed by atoms with Crippen molar-refractivity contribution in [1.82, 2.24) is 10.3 Å². The molecule has 1 aliphatic carbocycles. The number of hydrogen-bond acceptors (Lipinski definition) is 6. The molecule has 0 spiro atoms. The van der Waals surface area contributed by atoms with Crippen molar-refractivity contribution in [1.29, 1.82) is 0 Å². The predicted molar refractivity (Wildman–Crippen MR) is 74.4 cm³/mol. The Morgan fingerprint density at radius 2 is 2.26 bits per heavy atom. The van der Waals surface area contributed by atoms with E-state index in [0.717, 1.165) is 13.0 Å². The molecule has 3 rings (SSSR count). The van der Waals surface area contributed by atoms with Crippen LogP contribution >= 0.6 is 11.3 Å². The SMILES string of the molecule is CNc1nc(N)c(C(=O)NC2CCOC2C2CC2)s1. The third kappa shape index (κ3) is 2.52. The van der Waals surface area contributed by atoms with E-state index in [1.807, 2.05) is 0 Å². The van der Waals surface area contributed by atoms with E-state index in [1.165, 1.54) is 24.2 Å². The Labute approximate surface area is 115 Å². The fourth-order valence-electron chi connectivity index (χ4n) is 2.49. The van der Waals surface area contributed by atoms with Gasteiger partial charge in [-0.25, -0.2) is 4.98 Å². The lowest BCUT2D eigenvalue weighted by atomic mass is 10.1. The van der Waals surface area contributed by atoms with Gasteiger partial charge in [-0.1, -0.05) is 11.3 Å². The molecule has 1 aromatic rings. The summed E-state index contributed by atoms with van der Waals surface area (Å²) in [5.74, 6) is 0.769. The number of rotatable bonds is 4. The van der Waals surface area contributed by atoms with Crippen LogP contribution in [0.1, 0.15) is 28.9 Å². The molecule has 2 unspecified atom stereocenters. The molecule has 104 valence electrons. The highest BCUT2D eigenvalue weighted by molar-refractivity contribution is 7.18. The van der Waals surface area contributed by atoms with Gasteiger partial charge in [0.1, 0.15) is 10.7 Å². The van der Waals surface area contributed by atoms with Crippen molar-refractivity contribution in [3.63, 3.8) is 0 Å². The van der Waals surface area contributed by atoms with Crippen molar-refractivity contribution in [3.05, 3.63) is 4.88 Å². The molecule has 0 aromatic carbocycles. The summed E-state index contributed by atoms with van der Waals surface area (Å²) >= 11 is 1.28. The zero-order valence-corrected chi connectivity index (χ0v) is 11.6. The molecule has 2 fully saturated rings. The predicted octanol–water partition coefficient (Wildman–Crippen LogP) is 1.06. The molecule has 1 aromatic heterocycles. The summed E-state index contributed by atoms with van der Waals surface area (Å²) in [6.07, 6.45) is 3.49. The monoisotopic (exact) mass is 282 g/mol. The van der Waals surface area contributed by atoms with Gasteiger partial charge in [0.15, 0.2) is 5.13 Å². The molecule has 2 heterocycles. The first-order valence-corrected chi connectivity index (χ1v) is 7.37. The van der Waals surface area contributed by atoms with Crippen LogP contribution in [0, 0.1) is 5.92 Å². The molecule has 2 aliphatic rings. The number of nitrogens with two attached hydrogens (primary N) is 1. The van der Waals surface area contributed by atoms with Crippen LogP contribution in [0.5, 0.6) is 0 Å². The van der Waals surface area contributed by atoms with E-state index < -0.39 is 0 Å². The summed E-state index contributed by atoms with van der Waals surface area (Å²) in [5.41, 5.74) is 5.77. The van der Waals surface area contributed by atoms with E-state index in [1.54, 1.807) is 7.05 Å². The number of carbonyl (C=O) groups excluding carboxylic acids is 1.